The molecule has 2 heterocycles. The van der Waals surface area contributed by atoms with E-state index >= 15 is 0 Å². The highest BCUT2D eigenvalue weighted by Crippen LogP contribution is 2.19. The van der Waals surface area contributed by atoms with E-state index in [9.17, 15) is 4.79 Å². The Hall–Kier alpha value is -1.84. The summed E-state index contributed by atoms with van der Waals surface area (Å²) in [5.41, 5.74) is 1.41. The van der Waals surface area contributed by atoms with Gasteiger partial charge < -0.3 is 9.51 Å². The maximum atomic E-state index is 11.0. The van der Waals surface area contributed by atoms with Gasteiger partial charge in [0.25, 0.3) is 0 Å². The van der Waals surface area contributed by atoms with Crippen molar-refractivity contribution in [1.29, 1.82) is 0 Å². The molecule has 1 N–H and O–H groups in total. The van der Waals surface area contributed by atoms with Gasteiger partial charge in [0, 0.05) is 12.4 Å². The van der Waals surface area contributed by atoms with Crippen molar-refractivity contribution in [2.75, 3.05) is 0 Å². The zero-order chi connectivity index (χ0) is 10.8. The average molecular weight is 204 g/mol. The third-order valence-corrected chi connectivity index (χ3v) is 2.45. The highest BCUT2D eigenvalue weighted by atomic mass is 16.4. The van der Waals surface area contributed by atoms with E-state index in [0.29, 0.717) is 12.1 Å². The molecule has 2 aromatic heterocycles. The Morgan fingerprint density at radius 2 is 2.40 bits per heavy atom. The Bertz CT molecular complexity index is 457. The number of hydrogen-bond donors (Lipinski definition) is 1. The summed E-state index contributed by atoms with van der Waals surface area (Å²) >= 11 is 0. The number of fused-ring (bicyclic) bond motifs is 1. The molecule has 0 aromatic carbocycles. The Morgan fingerprint density at radius 3 is 3.00 bits per heavy atom. The lowest BCUT2D eigenvalue weighted by molar-refractivity contribution is -0.138. The molecule has 0 aliphatic heterocycles. The van der Waals surface area contributed by atoms with Gasteiger partial charge in [-0.05, 0) is 18.6 Å². The van der Waals surface area contributed by atoms with Crippen LogP contribution in [0, 0.1) is 0 Å². The number of aromatic nitrogens is 2. The minimum atomic E-state index is -0.819. The fourth-order valence-corrected chi connectivity index (χ4v) is 1.63. The summed E-state index contributed by atoms with van der Waals surface area (Å²) in [5.74, 6) is -1.33. The molecular weight excluding hydrogens is 192 g/mol. The first kappa shape index (κ1) is 9.71. The van der Waals surface area contributed by atoms with Gasteiger partial charge in [-0.1, -0.05) is 13.0 Å². The summed E-state index contributed by atoms with van der Waals surface area (Å²) in [6, 6.07) is 5.63. The van der Waals surface area contributed by atoms with Crippen molar-refractivity contribution >= 4 is 11.6 Å². The summed E-state index contributed by atoms with van der Waals surface area (Å²) in [6.45, 7) is 1.85. The van der Waals surface area contributed by atoms with Crippen LogP contribution in [0.25, 0.3) is 5.65 Å². The summed E-state index contributed by atoms with van der Waals surface area (Å²) in [5, 5.41) is 9.00. The lowest BCUT2D eigenvalue weighted by Gasteiger charge is -2.04. The number of aliphatic carboxylic acids is 1. The van der Waals surface area contributed by atoms with E-state index in [4.69, 9.17) is 5.11 Å². The molecule has 4 heteroatoms. The maximum absolute atomic E-state index is 11.0. The molecule has 0 fully saturated rings. The third kappa shape index (κ3) is 1.70. The zero-order valence-corrected chi connectivity index (χ0v) is 8.42. The Morgan fingerprint density at radius 1 is 1.60 bits per heavy atom. The van der Waals surface area contributed by atoms with Crippen LogP contribution in [-0.2, 0) is 4.79 Å². The predicted molar refractivity (Wildman–Crippen MR) is 55.9 cm³/mol. The van der Waals surface area contributed by atoms with Crippen molar-refractivity contribution in [2.24, 2.45) is 0 Å². The summed E-state index contributed by atoms with van der Waals surface area (Å²) < 4.78 is 1.83. The molecule has 1 atom stereocenters. The quantitative estimate of drug-likeness (QED) is 0.830. The molecule has 0 saturated heterocycles. The van der Waals surface area contributed by atoms with Gasteiger partial charge >= 0.3 is 5.97 Å². The number of nitrogens with zero attached hydrogens (tertiary/aromatic N) is 2. The van der Waals surface area contributed by atoms with Crippen LogP contribution in [0.15, 0.2) is 30.6 Å². The van der Waals surface area contributed by atoms with E-state index in [1.54, 1.807) is 6.20 Å². The highest BCUT2D eigenvalue weighted by molar-refractivity contribution is 5.75. The molecule has 78 valence electrons. The van der Waals surface area contributed by atoms with Crippen molar-refractivity contribution in [3.05, 3.63) is 36.3 Å². The van der Waals surface area contributed by atoms with E-state index in [1.807, 2.05) is 35.7 Å². The van der Waals surface area contributed by atoms with Crippen molar-refractivity contribution in [3.8, 4) is 0 Å². The van der Waals surface area contributed by atoms with Crippen molar-refractivity contribution in [3.63, 3.8) is 0 Å². The number of hydrogen-bond acceptors (Lipinski definition) is 2. The molecule has 4 nitrogen and oxygen atoms in total. The second-order valence-electron chi connectivity index (χ2n) is 3.43. The molecule has 0 aliphatic carbocycles. The van der Waals surface area contributed by atoms with Crippen LogP contribution in [0.5, 0.6) is 0 Å². The van der Waals surface area contributed by atoms with Crippen LogP contribution in [0.4, 0.5) is 0 Å². The first-order chi connectivity index (χ1) is 7.22. The van der Waals surface area contributed by atoms with Gasteiger partial charge in [-0.2, -0.15) is 0 Å². The Labute approximate surface area is 87.2 Å². The molecule has 0 radical (unpaired) electrons. The molecule has 0 amide bonds. The highest BCUT2D eigenvalue weighted by Gasteiger charge is 2.20. The number of carboxylic acid groups (broad SMARTS) is 1. The van der Waals surface area contributed by atoms with E-state index in [0.717, 1.165) is 5.65 Å². The standard InChI is InChI=1S/C11H12N2O2/c1-2-8(11(14)15)9-7-13-6-4-3-5-10(13)12-9/h3-8H,2H2,1H3,(H,14,15)/t8-/m0/s1. The normalized spacial score (nSPS) is 12.9. The molecule has 0 spiro atoms. The van der Waals surface area contributed by atoms with Crippen LogP contribution in [0.1, 0.15) is 25.0 Å². The first-order valence-corrected chi connectivity index (χ1v) is 4.89. The van der Waals surface area contributed by atoms with Crippen LogP contribution >= 0.6 is 0 Å². The molecule has 0 unspecified atom stereocenters. The van der Waals surface area contributed by atoms with Gasteiger partial charge in [0.1, 0.15) is 11.6 Å². The smallest absolute Gasteiger partial charge is 0.312 e. The van der Waals surface area contributed by atoms with Crippen LogP contribution in [0.2, 0.25) is 0 Å². The van der Waals surface area contributed by atoms with Gasteiger partial charge in [-0.15, -0.1) is 0 Å². The first-order valence-electron chi connectivity index (χ1n) is 4.89. The van der Waals surface area contributed by atoms with Gasteiger partial charge in [0.15, 0.2) is 0 Å². The van der Waals surface area contributed by atoms with Crippen molar-refractivity contribution in [2.45, 2.75) is 19.3 Å². The largest absolute Gasteiger partial charge is 0.481 e. The second kappa shape index (κ2) is 3.73. The van der Waals surface area contributed by atoms with E-state index in [-0.39, 0.29) is 0 Å². The van der Waals surface area contributed by atoms with Gasteiger partial charge in [-0.25, -0.2) is 4.98 Å². The molecular formula is C11H12N2O2. The molecule has 0 aliphatic rings. The Balaban J connectivity index is 2.47. The van der Waals surface area contributed by atoms with Gasteiger partial charge in [0.2, 0.25) is 0 Å². The molecule has 0 bridgehead atoms. The minimum absolute atomic E-state index is 0.509. The van der Waals surface area contributed by atoms with Gasteiger partial charge in [0.05, 0.1) is 5.69 Å². The fourth-order valence-electron chi connectivity index (χ4n) is 1.63. The van der Waals surface area contributed by atoms with Crippen LogP contribution in [0.3, 0.4) is 0 Å². The molecule has 2 rings (SSSR count). The fraction of sp³-hybridized carbons (Fsp3) is 0.273. The summed E-state index contributed by atoms with van der Waals surface area (Å²) in [4.78, 5) is 15.2. The Kier molecular flexibility index (Phi) is 2.41. The van der Waals surface area contributed by atoms with Gasteiger partial charge in [-0.3, -0.25) is 4.79 Å². The number of rotatable bonds is 3. The van der Waals surface area contributed by atoms with E-state index in [1.165, 1.54) is 0 Å². The maximum Gasteiger partial charge on any atom is 0.312 e. The SMILES string of the molecule is CC[C@H](C(=O)O)c1cn2ccccc2n1. The number of pyridine rings is 1. The summed E-state index contributed by atoms with van der Waals surface area (Å²) in [7, 11) is 0. The van der Waals surface area contributed by atoms with Crippen LogP contribution < -0.4 is 0 Å². The summed E-state index contributed by atoms with van der Waals surface area (Å²) in [6.07, 6.45) is 4.19. The lowest BCUT2D eigenvalue weighted by atomic mass is 10.0. The monoisotopic (exact) mass is 204 g/mol. The lowest BCUT2D eigenvalue weighted by Crippen LogP contribution is -2.10. The minimum Gasteiger partial charge on any atom is -0.481 e. The predicted octanol–water partition coefficient (Wildman–Crippen LogP) is 1.91. The molecule has 15 heavy (non-hydrogen) atoms. The molecule has 0 saturated carbocycles. The number of imidazole rings is 1. The topological polar surface area (TPSA) is 54.6 Å². The average Bonchev–Trinajstić information content (AvgIpc) is 2.61. The number of carbonyl (C=O) groups is 1. The van der Waals surface area contributed by atoms with Crippen LogP contribution in [-0.4, -0.2) is 20.5 Å². The number of carboxylic acids is 1. The van der Waals surface area contributed by atoms with Crippen molar-refractivity contribution < 1.29 is 9.90 Å². The van der Waals surface area contributed by atoms with E-state index in [2.05, 4.69) is 4.98 Å². The molecule has 2 aromatic rings. The second-order valence-corrected chi connectivity index (χ2v) is 3.43. The van der Waals surface area contributed by atoms with Crippen molar-refractivity contribution in [1.82, 2.24) is 9.38 Å². The third-order valence-electron chi connectivity index (χ3n) is 2.45. The van der Waals surface area contributed by atoms with E-state index < -0.39 is 11.9 Å². The zero-order valence-electron chi connectivity index (χ0n) is 8.42.